The maximum atomic E-state index is 14.9. The minimum Gasteiger partial charge on any atom is -0.493 e. The predicted octanol–water partition coefficient (Wildman–Crippen LogP) is 3.58. The smallest absolute Gasteiger partial charge is 0.287 e. The highest BCUT2D eigenvalue weighted by Crippen LogP contribution is 2.25. The lowest BCUT2D eigenvalue weighted by atomic mass is 10.1. The average molecular weight is 583 g/mol. The van der Waals surface area contributed by atoms with Crippen LogP contribution in [0.15, 0.2) is 45.5 Å². The van der Waals surface area contributed by atoms with Gasteiger partial charge in [0.05, 0.1) is 25.0 Å². The van der Waals surface area contributed by atoms with Crippen molar-refractivity contribution in [2.24, 2.45) is 0 Å². The third kappa shape index (κ3) is 7.95. The zero-order valence-electron chi connectivity index (χ0n) is 24.1. The standard InChI is InChI=1S/C30H39FN6O5/c1-22(32-29(38)26-8-5-18-41-26)30(39)37-15-6-13-35(16-17-37)14-7-19-40-23-9-10-24(25(31)20-23)28-33-27(42-34-28)21-36-11-3-2-4-12-36/h5,8-10,18,20,22H,2-4,6-7,11-17,19,21H2,1H3,(H,32,38)/t22-/m0/s1. The first-order valence-electron chi connectivity index (χ1n) is 14.8. The van der Waals surface area contributed by atoms with Crippen LogP contribution in [0.5, 0.6) is 5.75 Å². The van der Waals surface area contributed by atoms with Crippen LogP contribution >= 0.6 is 0 Å². The molecule has 11 nitrogen and oxygen atoms in total. The Bertz CT molecular complexity index is 1310. The summed E-state index contributed by atoms with van der Waals surface area (Å²) in [5, 5.41) is 6.69. The molecule has 2 aliphatic rings. The number of benzene rings is 1. The van der Waals surface area contributed by atoms with E-state index < -0.39 is 17.8 Å². The molecular formula is C30H39FN6O5. The number of aromatic nitrogens is 2. The van der Waals surface area contributed by atoms with Crippen molar-refractivity contribution in [3.05, 3.63) is 54.1 Å². The van der Waals surface area contributed by atoms with Crippen molar-refractivity contribution in [1.29, 1.82) is 0 Å². The minimum atomic E-state index is -0.643. The number of ether oxygens (including phenoxy) is 1. The Hall–Kier alpha value is -3.77. The Labute approximate surface area is 245 Å². The number of rotatable bonds is 11. The van der Waals surface area contributed by atoms with Crippen LogP contribution in [0.25, 0.3) is 11.4 Å². The Morgan fingerprint density at radius 3 is 2.67 bits per heavy atom. The third-order valence-corrected chi connectivity index (χ3v) is 7.71. The molecule has 4 heterocycles. The summed E-state index contributed by atoms with van der Waals surface area (Å²) in [6.07, 6.45) is 6.62. The number of amides is 2. The molecule has 1 atom stereocenters. The van der Waals surface area contributed by atoms with Crippen LogP contribution in [0.4, 0.5) is 4.39 Å². The molecule has 0 radical (unpaired) electrons. The van der Waals surface area contributed by atoms with Gasteiger partial charge in [0.15, 0.2) is 5.76 Å². The highest BCUT2D eigenvalue weighted by molar-refractivity contribution is 5.95. The average Bonchev–Trinajstić information content (AvgIpc) is 3.64. The quantitative estimate of drug-likeness (QED) is 0.339. The summed E-state index contributed by atoms with van der Waals surface area (Å²) >= 11 is 0. The second kappa shape index (κ2) is 14.4. The lowest BCUT2D eigenvalue weighted by Crippen LogP contribution is -2.48. The van der Waals surface area contributed by atoms with Crippen LogP contribution in [-0.2, 0) is 11.3 Å². The van der Waals surface area contributed by atoms with E-state index in [0.29, 0.717) is 37.9 Å². The number of carbonyl (C=O) groups excluding carboxylic acids is 2. The third-order valence-electron chi connectivity index (χ3n) is 7.71. The summed E-state index contributed by atoms with van der Waals surface area (Å²) in [5.41, 5.74) is 0.287. The van der Waals surface area contributed by atoms with Crippen LogP contribution in [0, 0.1) is 5.82 Å². The first-order valence-corrected chi connectivity index (χ1v) is 14.8. The molecule has 0 bridgehead atoms. The first kappa shape index (κ1) is 29.7. The zero-order chi connectivity index (χ0) is 29.3. The van der Waals surface area contributed by atoms with Crippen molar-refractivity contribution in [1.82, 2.24) is 30.2 Å². The molecule has 12 heteroatoms. The van der Waals surface area contributed by atoms with Crippen molar-refractivity contribution in [3.8, 4) is 17.1 Å². The number of nitrogens with one attached hydrogen (secondary N) is 1. The fourth-order valence-corrected chi connectivity index (χ4v) is 5.41. The first-order chi connectivity index (χ1) is 20.5. The van der Waals surface area contributed by atoms with Gasteiger partial charge in [-0.3, -0.25) is 14.5 Å². The van der Waals surface area contributed by atoms with Gasteiger partial charge in [-0.2, -0.15) is 4.98 Å². The molecule has 3 aromatic rings. The topological polar surface area (TPSA) is 117 Å². The van der Waals surface area contributed by atoms with Crippen molar-refractivity contribution in [2.45, 2.75) is 51.6 Å². The Morgan fingerprint density at radius 2 is 1.88 bits per heavy atom. The van der Waals surface area contributed by atoms with Crippen LogP contribution in [-0.4, -0.2) is 95.1 Å². The maximum Gasteiger partial charge on any atom is 0.287 e. The molecule has 5 rings (SSSR count). The van der Waals surface area contributed by atoms with Gasteiger partial charge in [0.2, 0.25) is 17.6 Å². The van der Waals surface area contributed by atoms with Gasteiger partial charge >= 0.3 is 0 Å². The van der Waals surface area contributed by atoms with Crippen molar-refractivity contribution >= 4 is 11.8 Å². The largest absolute Gasteiger partial charge is 0.493 e. The van der Waals surface area contributed by atoms with E-state index in [1.54, 1.807) is 36.1 Å². The molecule has 2 aliphatic heterocycles. The molecular weight excluding hydrogens is 543 g/mol. The second-order valence-corrected chi connectivity index (χ2v) is 10.9. The number of likely N-dealkylation sites (tertiary alicyclic amines) is 1. The Balaban J connectivity index is 1.02. The summed E-state index contributed by atoms with van der Waals surface area (Å²) in [5.74, 6) is 0.412. The van der Waals surface area contributed by atoms with Gasteiger partial charge in [-0.15, -0.1) is 0 Å². The van der Waals surface area contributed by atoms with Gasteiger partial charge in [0.1, 0.15) is 17.6 Å². The van der Waals surface area contributed by atoms with Gasteiger partial charge in [-0.25, -0.2) is 4.39 Å². The number of halogens is 1. The summed E-state index contributed by atoms with van der Waals surface area (Å²) in [7, 11) is 0. The zero-order valence-corrected chi connectivity index (χ0v) is 24.1. The van der Waals surface area contributed by atoms with Gasteiger partial charge in [-0.05, 0) is 76.5 Å². The van der Waals surface area contributed by atoms with E-state index in [1.807, 2.05) is 0 Å². The SMILES string of the molecule is C[C@H](NC(=O)c1ccco1)C(=O)N1CCCN(CCCOc2ccc(-c3noc(CN4CCCCC4)n3)c(F)c2)CC1. The van der Waals surface area contributed by atoms with Crippen LogP contribution < -0.4 is 10.1 Å². The fraction of sp³-hybridized carbons (Fsp3) is 0.533. The van der Waals surface area contributed by atoms with E-state index in [9.17, 15) is 14.0 Å². The number of hydrogen-bond acceptors (Lipinski definition) is 9. The van der Waals surface area contributed by atoms with E-state index in [4.69, 9.17) is 13.7 Å². The molecule has 1 N–H and O–H groups in total. The second-order valence-electron chi connectivity index (χ2n) is 10.9. The van der Waals surface area contributed by atoms with Crippen molar-refractivity contribution in [3.63, 3.8) is 0 Å². The van der Waals surface area contributed by atoms with Crippen LogP contribution in [0.3, 0.4) is 0 Å². The monoisotopic (exact) mass is 582 g/mol. The number of carbonyl (C=O) groups is 2. The number of furan rings is 1. The molecule has 0 aliphatic carbocycles. The van der Waals surface area contributed by atoms with E-state index >= 15 is 0 Å². The van der Waals surface area contributed by atoms with Crippen LogP contribution in [0.2, 0.25) is 0 Å². The maximum absolute atomic E-state index is 14.9. The summed E-state index contributed by atoms with van der Waals surface area (Å²) in [6.45, 7) is 8.37. The Kier molecular flexibility index (Phi) is 10.2. The molecule has 2 aromatic heterocycles. The lowest BCUT2D eigenvalue weighted by Gasteiger charge is -2.25. The van der Waals surface area contributed by atoms with E-state index in [2.05, 4.69) is 25.3 Å². The number of nitrogens with zero attached hydrogens (tertiary/aromatic N) is 5. The van der Waals surface area contributed by atoms with Gasteiger partial charge in [0.25, 0.3) is 5.91 Å². The lowest BCUT2D eigenvalue weighted by molar-refractivity contribution is -0.132. The van der Waals surface area contributed by atoms with E-state index in [-0.39, 0.29) is 23.1 Å². The molecule has 2 saturated heterocycles. The summed E-state index contributed by atoms with van der Waals surface area (Å²) in [4.78, 5) is 35.9. The summed E-state index contributed by atoms with van der Waals surface area (Å²) in [6, 6.07) is 7.26. The molecule has 0 spiro atoms. The fourth-order valence-electron chi connectivity index (χ4n) is 5.41. The predicted molar refractivity (Wildman–Crippen MR) is 152 cm³/mol. The van der Waals surface area contributed by atoms with E-state index in [1.165, 1.54) is 31.6 Å². The minimum absolute atomic E-state index is 0.107. The van der Waals surface area contributed by atoms with Gasteiger partial charge in [-0.1, -0.05) is 11.6 Å². The molecule has 0 saturated carbocycles. The van der Waals surface area contributed by atoms with Crippen LogP contribution in [0.1, 0.15) is 55.5 Å². The Morgan fingerprint density at radius 1 is 1.05 bits per heavy atom. The van der Waals surface area contributed by atoms with Crippen molar-refractivity contribution < 1.29 is 27.7 Å². The highest BCUT2D eigenvalue weighted by atomic mass is 19.1. The molecule has 226 valence electrons. The van der Waals surface area contributed by atoms with E-state index in [0.717, 1.165) is 45.6 Å². The molecule has 2 fully saturated rings. The van der Waals surface area contributed by atoms with Gasteiger partial charge in [0, 0.05) is 32.2 Å². The highest BCUT2D eigenvalue weighted by Gasteiger charge is 2.25. The summed E-state index contributed by atoms with van der Waals surface area (Å²) < 4.78 is 31.1. The molecule has 1 aromatic carbocycles. The van der Waals surface area contributed by atoms with Gasteiger partial charge < -0.3 is 28.8 Å². The normalized spacial score (nSPS) is 17.5. The number of hydrogen-bond donors (Lipinski definition) is 1. The van der Waals surface area contributed by atoms with Crippen molar-refractivity contribution in [2.75, 3.05) is 52.4 Å². The molecule has 0 unspecified atom stereocenters. The molecule has 42 heavy (non-hydrogen) atoms. The molecule has 2 amide bonds. The number of piperidine rings is 1.